The highest BCUT2D eigenvalue weighted by atomic mass is 33.1. The van der Waals surface area contributed by atoms with E-state index < -0.39 is 17.2 Å². The van der Waals surface area contributed by atoms with Crippen LogP contribution in [0.2, 0.25) is 0 Å². The Labute approximate surface area is 337 Å². The van der Waals surface area contributed by atoms with Gasteiger partial charge in [-0.05, 0) is 63.4 Å². The van der Waals surface area contributed by atoms with Crippen LogP contribution in [-0.4, -0.2) is 113 Å². The maximum Gasteiger partial charge on any atom is 0.334 e. The topological polar surface area (TPSA) is 179 Å². The number of ketones is 1. The Bertz CT molecular complexity index is 1720. The van der Waals surface area contributed by atoms with Gasteiger partial charge in [0, 0.05) is 73.5 Å². The van der Waals surface area contributed by atoms with Crippen LogP contribution in [0.15, 0.2) is 35.5 Å². The van der Waals surface area contributed by atoms with Crippen molar-refractivity contribution in [3.8, 4) is 0 Å². The van der Waals surface area contributed by atoms with Crippen LogP contribution in [0.1, 0.15) is 78.1 Å². The second-order valence-corrected chi connectivity index (χ2v) is 21.1. The lowest BCUT2D eigenvalue weighted by atomic mass is 9.56. The zero-order valence-electron chi connectivity index (χ0n) is 32.9. The first-order valence-corrected chi connectivity index (χ1v) is 23.6. The summed E-state index contributed by atoms with van der Waals surface area (Å²) in [6, 6.07) is 0.182. The molecule has 12 nitrogen and oxygen atoms in total. The van der Waals surface area contributed by atoms with Crippen molar-refractivity contribution in [2.75, 3.05) is 26.0 Å². The second-order valence-electron chi connectivity index (χ2n) is 18.4. The summed E-state index contributed by atoms with van der Waals surface area (Å²) in [5.74, 6) is 0.980. The van der Waals surface area contributed by atoms with E-state index in [2.05, 4.69) is 28.7 Å². The molecule has 14 heteroatoms. The van der Waals surface area contributed by atoms with Crippen molar-refractivity contribution in [1.82, 2.24) is 4.90 Å². The van der Waals surface area contributed by atoms with Gasteiger partial charge < -0.3 is 34.9 Å². The van der Waals surface area contributed by atoms with E-state index in [9.17, 15) is 24.3 Å². The van der Waals surface area contributed by atoms with Crippen LogP contribution >= 0.6 is 21.6 Å². The van der Waals surface area contributed by atoms with Gasteiger partial charge in [-0.2, -0.15) is 0 Å². The van der Waals surface area contributed by atoms with Gasteiger partial charge in [0.2, 0.25) is 5.91 Å². The van der Waals surface area contributed by atoms with E-state index >= 15 is 0 Å². The Morgan fingerprint density at radius 3 is 2.80 bits per heavy atom. The van der Waals surface area contributed by atoms with Gasteiger partial charge >= 0.3 is 11.9 Å². The van der Waals surface area contributed by atoms with E-state index in [0.29, 0.717) is 50.6 Å². The molecule has 16 atom stereocenters. The van der Waals surface area contributed by atoms with Crippen LogP contribution in [0.4, 0.5) is 0 Å². The van der Waals surface area contributed by atoms with Gasteiger partial charge in [0.15, 0.2) is 5.78 Å². The second kappa shape index (κ2) is 15.1. The summed E-state index contributed by atoms with van der Waals surface area (Å²) in [4.78, 5) is 57.0. The molecule has 0 aromatic heterocycles. The molecule has 5 saturated heterocycles. The van der Waals surface area contributed by atoms with Gasteiger partial charge in [-0.25, -0.2) is 4.79 Å². The highest BCUT2D eigenvalue weighted by molar-refractivity contribution is 8.77. The summed E-state index contributed by atoms with van der Waals surface area (Å²) in [6.45, 7) is 4.39. The highest BCUT2D eigenvalue weighted by Crippen LogP contribution is 2.62. The van der Waals surface area contributed by atoms with Crippen molar-refractivity contribution in [2.24, 2.45) is 47.2 Å². The maximum atomic E-state index is 14.9. The molecule has 7 N–H and O–H groups in total. The van der Waals surface area contributed by atoms with E-state index in [0.717, 1.165) is 25.0 Å². The normalized spacial score (nSPS) is 47.1. The van der Waals surface area contributed by atoms with Gasteiger partial charge in [-0.1, -0.05) is 45.4 Å². The average Bonchev–Trinajstić information content (AvgIpc) is 3.53. The van der Waals surface area contributed by atoms with E-state index in [1.165, 1.54) is 5.57 Å². The summed E-state index contributed by atoms with van der Waals surface area (Å²) >= 11 is 0. The largest absolute Gasteiger partial charge is 0.462 e. The third-order valence-electron chi connectivity index (χ3n) is 15.8. The Morgan fingerprint density at radius 1 is 1.18 bits per heavy atom. The molecule has 5 aliphatic heterocycles. The number of quaternary nitrogens is 2. The maximum absolute atomic E-state index is 14.9. The number of carbonyl (C=O) groups excluding carboxylic acids is 4. The molecule has 0 aromatic rings. The Morgan fingerprint density at radius 2 is 2.02 bits per heavy atom. The molecule has 56 heavy (non-hydrogen) atoms. The first kappa shape index (κ1) is 39.3. The van der Waals surface area contributed by atoms with Crippen LogP contribution < -0.4 is 16.4 Å². The molecule has 0 aromatic carbocycles. The fraction of sp³-hybridized carbons (Fsp3) is 0.762. The Balaban J connectivity index is 1.12. The number of hydrogen-bond donors (Lipinski definition) is 4. The van der Waals surface area contributed by atoms with Crippen molar-refractivity contribution < 1.29 is 49.1 Å². The van der Waals surface area contributed by atoms with E-state index in [-0.39, 0.29) is 114 Å². The first-order valence-electron chi connectivity index (χ1n) is 21.2. The molecule has 5 heterocycles. The van der Waals surface area contributed by atoms with Crippen LogP contribution in [0.3, 0.4) is 0 Å². The van der Waals surface area contributed by atoms with Crippen molar-refractivity contribution in [3.63, 3.8) is 0 Å². The minimum atomic E-state index is -1.05. The van der Waals surface area contributed by atoms with Crippen LogP contribution in [0, 0.1) is 41.4 Å². The molecule has 0 radical (unpaired) electrons. The molecule has 306 valence electrons. The molecule has 1 amide bonds. The number of nitrogens with two attached hydrogens (primary N) is 3. The van der Waals surface area contributed by atoms with E-state index in [1.807, 2.05) is 34.6 Å². The summed E-state index contributed by atoms with van der Waals surface area (Å²) < 4.78 is 20.3. The van der Waals surface area contributed by atoms with Crippen molar-refractivity contribution in [3.05, 3.63) is 35.5 Å². The van der Waals surface area contributed by atoms with Gasteiger partial charge in [0.25, 0.3) is 0 Å². The fourth-order valence-electron chi connectivity index (χ4n) is 13.2. The summed E-state index contributed by atoms with van der Waals surface area (Å²) in [7, 11) is 5.75. The standard InChI is InChI=1S/C42H58N4O8S2/c1-4-21(10-12-47)40(51)54-41(2)11-9-23-20-55-56-32-15-27-29(48)7-6-28-36(38(27)44-3)39(32)46(28)34(49)14-25-19-45-33(43)16-26(25)37(23)42(41)18-24-13-22-5-8-35(50)52-30(22)17-31(24)53-42/h4,6-7,9,22,24-28,30-33,36-39,44-45,47H,5,8,10-20,43H2,1-3H3/p+2. The number of aliphatic hydroxyl groups excluding tert-OH is 1. The van der Waals surface area contributed by atoms with Gasteiger partial charge in [0.1, 0.15) is 29.5 Å². The number of allylic oxidation sites excluding steroid dienone is 2. The third kappa shape index (κ3) is 6.29. The molecule has 2 bridgehead atoms. The number of fused-ring (bicyclic) bond motifs is 8. The lowest BCUT2D eigenvalue weighted by Crippen LogP contribution is -2.96. The molecule has 2 saturated carbocycles. The monoisotopic (exact) mass is 812 g/mol. The van der Waals surface area contributed by atoms with Crippen LogP contribution in [0.5, 0.6) is 0 Å². The van der Waals surface area contributed by atoms with Gasteiger partial charge in [0.05, 0.1) is 43.6 Å². The summed E-state index contributed by atoms with van der Waals surface area (Å²) in [5, 5.41) is 14.4. The van der Waals surface area contributed by atoms with E-state index in [1.54, 1.807) is 19.1 Å². The van der Waals surface area contributed by atoms with Crippen molar-refractivity contribution in [2.45, 2.75) is 131 Å². The number of rotatable bonds is 5. The lowest BCUT2D eigenvalue weighted by Gasteiger charge is -2.61. The molecule has 9 aliphatic rings. The SMILES string of the molecule is CC=C(CCO)C(=O)OC1(C)CC=C2CSSC3CC4C(=O)C=CC5C(C4[NH2+]C)C3N5C(=O)CC3C[NH2+]C(N)CC3C2C12CC1CC3CCC(=O)OC3CC1O2. The van der Waals surface area contributed by atoms with E-state index in [4.69, 9.17) is 19.9 Å². The number of ether oxygens (including phenoxy) is 3. The quantitative estimate of drug-likeness (QED) is 0.137. The number of hydrogen-bond acceptors (Lipinski definition) is 11. The number of aliphatic hydroxyl groups is 1. The molecule has 1 spiro atoms. The van der Waals surface area contributed by atoms with Crippen LogP contribution in [-0.2, 0) is 33.4 Å². The summed E-state index contributed by atoms with van der Waals surface area (Å²) in [6.07, 6.45) is 13.3. The van der Waals surface area contributed by atoms with Crippen molar-refractivity contribution in [1.29, 1.82) is 0 Å². The van der Waals surface area contributed by atoms with Gasteiger partial charge in [-0.15, -0.1) is 0 Å². The number of nitrogens with zero attached hydrogens (tertiary/aromatic N) is 1. The summed E-state index contributed by atoms with van der Waals surface area (Å²) in [5.41, 5.74) is 6.59. The number of piperidine rings is 1. The zero-order valence-corrected chi connectivity index (χ0v) is 34.5. The third-order valence-corrected chi connectivity index (χ3v) is 18.6. The minimum absolute atomic E-state index is 0.00304. The predicted octanol–water partition coefficient (Wildman–Crippen LogP) is 1.38. The predicted molar refractivity (Wildman–Crippen MR) is 210 cm³/mol. The van der Waals surface area contributed by atoms with Crippen molar-refractivity contribution >= 4 is 45.2 Å². The molecule has 16 unspecified atom stereocenters. The number of esters is 2. The molecule has 7 fully saturated rings. The molecular formula is C42H60N4O8S2+2. The molecular weight excluding hydrogens is 753 g/mol. The smallest absolute Gasteiger partial charge is 0.334 e. The number of amides is 1. The van der Waals surface area contributed by atoms with Gasteiger partial charge in [-0.3, -0.25) is 20.1 Å². The lowest BCUT2D eigenvalue weighted by molar-refractivity contribution is -0.706. The minimum Gasteiger partial charge on any atom is -0.462 e. The average molecular weight is 813 g/mol. The fourth-order valence-corrected chi connectivity index (χ4v) is 16.3. The molecule has 9 rings (SSSR count). The first-order chi connectivity index (χ1) is 27.0. The van der Waals surface area contributed by atoms with Crippen LogP contribution in [0.25, 0.3) is 0 Å². The number of carbonyl (C=O) groups is 4. The molecule has 4 aliphatic carbocycles. The zero-order chi connectivity index (χ0) is 39.1. The highest BCUT2D eigenvalue weighted by Gasteiger charge is 2.69. The Kier molecular flexibility index (Phi) is 10.6. The Hall–Kier alpha value is -2.20.